The molecule has 0 aliphatic rings. The zero-order valence-electron chi connectivity index (χ0n) is 11.1. The van der Waals surface area contributed by atoms with Crippen molar-refractivity contribution >= 4 is 17.5 Å². The lowest BCUT2D eigenvalue weighted by molar-refractivity contribution is -0.125. The molecule has 1 rings (SSSR count). The van der Waals surface area contributed by atoms with Crippen molar-refractivity contribution in [2.75, 3.05) is 7.11 Å². The summed E-state index contributed by atoms with van der Waals surface area (Å²) in [7, 11) is 1.61. The molecule has 0 saturated heterocycles. The molecular formula is C14H20ClNO2. The molecule has 100 valence electrons. The first-order valence-corrected chi connectivity index (χ1v) is 6.60. The number of hydrogen-bond donors (Lipinski definition) is 1. The molecule has 0 heterocycles. The highest BCUT2D eigenvalue weighted by atomic mass is 35.5. The maximum atomic E-state index is 11.9. The molecule has 0 saturated carbocycles. The smallest absolute Gasteiger partial charge is 0.223 e. The Balaban J connectivity index is 2.68. The molecule has 1 aromatic rings. The van der Waals surface area contributed by atoms with Crippen molar-refractivity contribution in [3.63, 3.8) is 0 Å². The van der Waals surface area contributed by atoms with Gasteiger partial charge in [0.2, 0.25) is 5.91 Å². The van der Waals surface area contributed by atoms with E-state index in [-0.39, 0.29) is 11.8 Å². The Morgan fingerprint density at radius 1 is 1.39 bits per heavy atom. The maximum Gasteiger partial charge on any atom is 0.223 e. The van der Waals surface area contributed by atoms with Crippen LogP contribution in [-0.2, 0) is 11.3 Å². The third-order valence-corrected chi connectivity index (χ3v) is 3.29. The molecule has 1 amide bonds. The standard InChI is InChI=1S/C14H20ClNO2/c1-4-10(5-2)14(17)16-9-11-8-12(15)6-7-13(11)18-3/h6-8,10H,4-5,9H2,1-3H3,(H,16,17). The molecule has 0 radical (unpaired) electrons. The first-order valence-electron chi connectivity index (χ1n) is 6.22. The number of ether oxygens (including phenoxy) is 1. The van der Waals surface area contributed by atoms with Crippen molar-refractivity contribution in [2.24, 2.45) is 5.92 Å². The number of rotatable bonds is 6. The van der Waals surface area contributed by atoms with Crippen LogP contribution in [0.4, 0.5) is 0 Å². The van der Waals surface area contributed by atoms with Gasteiger partial charge in [0.05, 0.1) is 7.11 Å². The zero-order chi connectivity index (χ0) is 13.5. The van der Waals surface area contributed by atoms with Gasteiger partial charge in [0.1, 0.15) is 5.75 Å². The molecule has 0 aliphatic carbocycles. The van der Waals surface area contributed by atoms with Crippen molar-refractivity contribution in [1.82, 2.24) is 5.32 Å². The second-order valence-electron chi connectivity index (χ2n) is 4.19. The minimum absolute atomic E-state index is 0.0789. The van der Waals surface area contributed by atoms with E-state index in [0.29, 0.717) is 11.6 Å². The van der Waals surface area contributed by atoms with Gasteiger partial charge in [0, 0.05) is 23.0 Å². The molecule has 0 unspecified atom stereocenters. The first-order chi connectivity index (χ1) is 8.62. The third kappa shape index (κ3) is 3.91. The zero-order valence-corrected chi connectivity index (χ0v) is 11.9. The van der Waals surface area contributed by atoms with Gasteiger partial charge in [-0.2, -0.15) is 0 Å². The molecule has 3 nitrogen and oxygen atoms in total. The minimum atomic E-state index is 0.0789. The van der Waals surface area contributed by atoms with Crippen LogP contribution in [0.5, 0.6) is 5.75 Å². The van der Waals surface area contributed by atoms with E-state index < -0.39 is 0 Å². The van der Waals surface area contributed by atoms with Gasteiger partial charge in [-0.1, -0.05) is 25.4 Å². The molecule has 0 fully saturated rings. The fraction of sp³-hybridized carbons (Fsp3) is 0.500. The number of carbonyl (C=O) groups excluding carboxylic acids is 1. The minimum Gasteiger partial charge on any atom is -0.496 e. The number of benzene rings is 1. The van der Waals surface area contributed by atoms with Crippen molar-refractivity contribution in [2.45, 2.75) is 33.2 Å². The molecule has 0 atom stereocenters. The summed E-state index contributed by atoms with van der Waals surface area (Å²) in [6, 6.07) is 5.39. The molecular weight excluding hydrogens is 250 g/mol. The summed E-state index contributed by atoms with van der Waals surface area (Å²) in [5.41, 5.74) is 0.893. The summed E-state index contributed by atoms with van der Waals surface area (Å²) in [6.45, 7) is 4.49. The number of hydrogen-bond acceptors (Lipinski definition) is 2. The van der Waals surface area contributed by atoms with Crippen LogP contribution < -0.4 is 10.1 Å². The van der Waals surface area contributed by atoms with Gasteiger partial charge in [0.15, 0.2) is 0 Å². The average Bonchev–Trinajstić information content (AvgIpc) is 2.38. The molecule has 1 aromatic carbocycles. The van der Waals surface area contributed by atoms with E-state index in [2.05, 4.69) is 5.32 Å². The van der Waals surface area contributed by atoms with Crippen LogP contribution in [0.1, 0.15) is 32.3 Å². The van der Waals surface area contributed by atoms with E-state index in [0.717, 1.165) is 24.2 Å². The Bertz CT molecular complexity index is 403. The SMILES string of the molecule is CCC(CC)C(=O)NCc1cc(Cl)ccc1OC. The van der Waals surface area contributed by atoms with Crippen LogP contribution >= 0.6 is 11.6 Å². The number of nitrogens with one attached hydrogen (secondary N) is 1. The lowest BCUT2D eigenvalue weighted by atomic mass is 10.0. The highest BCUT2D eigenvalue weighted by Crippen LogP contribution is 2.22. The molecule has 0 spiro atoms. The van der Waals surface area contributed by atoms with E-state index in [1.165, 1.54) is 0 Å². The highest BCUT2D eigenvalue weighted by molar-refractivity contribution is 6.30. The van der Waals surface area contributed by atoms with E-state index in [1.54, 1.807) is 19.2 Å². The van der Waals surface area contributed by atoms with E-state index in [4.69, 9.17) is 16.3 Å². The Morgan fingerprint density at radius 3 is 2.61 bits per heavy atom. The predicted molar refractivity (Wildman–Crippen MR) is 73.9 cm³/mol. The fourth-order valence-corrected chi connectivity index (χ4v) is 2.07. The van der Waals surface area contributed by atoms with E-state index in [9.17, 15) is 4.79 Å². The lowest BCUT2D eigenvalue weighted by Crippen LogP contribution is -2.29. The number of halogens is 1. The number of carbonyl (C=O) groups is 1. The topological polar surface area (TPSA) is 38.3 Å². The van der Waals surface area contributed by atoms with Crippen molar-refractivity contribution in [1.29, 1.82) is 0 Å². The van der Waals surface area contributed by atoms with Gasteiger partial charge >= 0.3 is 0 Å². The van der Waals surface area contributed by atoms with Crippen LogP contribution in [0.2, 0.25) is 5.02 Å². The summed E-state index contributed by atoms with van der Waals surface area (Å²) in [5.74, 6) is 0.904. The third-order valence-electron chi connectivity index (χ3n) is 3.05. The van der Waals surface area contributed by atoms with Crippen molar-refractivity contribution < 1.29 is 9.53 Å². The molecule has 4 heteroatoms. The molecule has 1 N–H and O–H groups in total. The second kappa shape index (κ2) is 7.27. The van der Waals surface area contributed by atoms with Gasteiger partial charge in [-0.05, 0) is 31.0 Å². The number of methoxy groups -OCH3 is 1. The van der Waals surface area contributed by atoms with Crippen LogP contribution in [0.3, 0.4) is 0 Å². The van der Waals surface area contributed by atoms with E-state index >= 15 is 0 Å². The Morgan fingerprint density at radius 2 is 2.06 bits per heavy atom. The Hall–Kier alpha value is -1.22. The van der Waals surface area contributed by atoms with Gasteiger partial charge in [-0.15, -0.1) is 0 Å². The summed E-state index contributed by atoms with van der Waals surface area (Å²) in [5, 5.41) is 3.57. The summed E-state index contributed by atoms with van der Waals surface area (Å²) in [6.07, 6.45) is 1.71. The predicted octanol–water partition coefficient (Wildman–Crippen LogP) is 3.40. The second-order valence-corrected chi connectivity index (χ2v) is 4.62. The maximum absolute atomic E-state index is 11.9. The molecule has 0 aliphatic heterocycles. The van der Waals surface area contributed by atoms with Crippen molar-refractivity contribution in [3.8, 4) is 5.75 Å². The van der Waals surface area contributed by atoms with Gasteiger partial charge in [-0.3, -0.25) is 4.79 Å². The highest BCUT2D eigenvalue weighted by Gasteiger charge is 2.14. The van der Waals surface area contributed by atoms with Crippen LogP contribution in [0.25, 0.3) is 0 Å². The van der Waals surface area contributed by atoms with E-state index in [1.807, 2.05) is 19.9 Å². The molecule has 0 bridgehead atoms. The van der Waals surface area contributed by atoms with Crippen LogP contribution in [0, 0.1) is 5.92 Å². The molecule has 0 aromatic heterocycles. The average molecular weight is 270 g/mol. The van der Waals surface area contributed by atoms with Crippen LogP contribution in [-0.4, -0.2) is 13.0 Å². The number of amides is 1. The monoisotopic (exact) mass is 269 g/mol. The quantitative estimate of drug-likeness (QED) is 0.860. The van der Waals surface area contributed by atoms with Crippen molar-refractivity contribution in [3.05, 3.63) is 28.8 Å². The van der Waals surface area contributed by atoms with Crippen LogP contribution in [0.15, 0.2) is 18.2 Å². The molecule has 18 heavy (non-hydrogen) atoms. The normalized spacial score (nSPS) is 10.5. The summed E-state index contributed by atoms with van der Waals surface area (Å²) in [4.78, 5) is 11.9. The van der Waals surface area contributed by atoms with Gasteiger partial charge < -0.3 is 10.1 Å². The Kier molecular flexibility index (Phi) is 5.99. The summed E-state index contributed by atoms with van der Waals surface area (Å²) >= 11 is 5.94. The fourth-order valence-electron chi connectivity index (χ4n) is 1.87. The Labute approximate surface area is 113 Å². The van der Waals surface area contributed by atoms with Gasteiger partial charge in [-0.25, -0.2) is 0 Å². The first kappa shape index (κ1) is 14.8. The summed E-state index contributed by atoms with van der Waals surface area (Å²) < 4.78 is 5.24. The van der Waals surface area contributed by atoms with Gasteiger partial charge in [0.25, 0.3) is 0 Å². The lowest BCUT2D eigenvalue weighted by Gasteiger charge is -2.14. The largest absolute Gasteiger partial charge is 0.496 e.